The van der Waals surface area contributed by atoms with E-state index in [2.05, 4.69) is 85.5 Å². The van der Waals surface area contributed by atoms with Crippen LogP contribution in [0.3, 0.4) is 0 Å². The average Bonchev–Trinajstić information content (AvgIpc) is 3.44. The van der Waals surface area contributed by atoms with E-state index in [4.69, 9.17) is 18.9 Å². The Morgan fingerprint density at radius 1 is 0.660 bits per heavy atom. The summed E-state index contributed by atoms with van der Waals surface area (Å²) in [4.78, 5) is 5.06. The highest BCUT2D eigenvalue weighted by atomic mass is 16.7. The van der Waals surface area contributed by atoms with E-state index in [-0.39, 0.29) is 6.79 Å². The van der Waals surface area contributed by atoms with Gasteiger partial charge in [0, 0.05) is 38.6 Å². The molecule has 0 amide bonds. The fourth-order valence-electron chi connectivity index (χ4n) is 6.26. The Hall–Kier alpha value is -6.13. The number of hydrogen-bond acceptors (Lipinski definition) is 4. The summed E-state index contributed by atoms with van der Waals surface area (Å²) in [5.41, 5.74) is 11.5. The van der Waals surface area contributed by atoms with Gasteiger partial charge >= 0.3 is 0 Å². The molecule has 0 spiro atoms. The Bertz CT molecular complexity index is 2290. The highest BCUT2D eigenvalue weighted by molar-refractivity contribution is 6.09. The molecule has 0 aliphatic carbocycles. The third-order valence-electron chi connectivity index (χ3n) is 8.67. The normalized spacial score (nSPS) is 13.2. The van der Waals surface area contributed by atoms with Gasteiger partial charge in [-0.2, -0.15) is 0 Å². The van der Waals surface area contributed by atoms with Gasteiger partial charge in [-0.05, 0) is 60.0 Å². The van der Waals surface area contributed by atoms with Crippen molar-refractivity contribution in [3.63, 3.8) is 0 Å². The van der Waals surface area contributed by atoms with Crippen LogP contribution in [-0.2, 0) is 4.74 Å². The summed E-state index contributed by atoms with van der Waals surface area (Å²) in [5.74, 6) is 1.52. The molecule has 0 radical (unpaired) electrons. The zero-order valence-electron chi connectivity index (χ0n) is 25.9. The standard InChI is InChI=1S/C43H31NO3/c1-3-29(33-25-39(30-13-6-4-7-14-30)44-40(26-33)31-15-8-5-9-16-31)23-37-28(2)45-27-46-41-22-21-32(24-38(37)41)34-18-12-19-36-35-17-10-11-20-42(35)47-43(34)36/h3-26H,1,27H2,2H3/b29-23+. The minimum absolute atomic E-state index is 0.129. The van der Waals surface area contributed by atoms with Crippen LogP contribution >= 0.6 is 0 Å². The van der Waals surface area contributed by atoms with Gasteiger partial charge < -0.3 is 13.9 Å². The molecule has 0 unspecified atom stereocenters. The maximum absolute atomic E-state index is 6.39. The van der Waals surface area contributed by atoms with E-state index in [9.17, 15) is 0 Å². The highest BCUT2D eigenvalue weighted by Crippen LogP contribution is 2.41. The van der Waals surface area contributed by atoms with Gasteiger partial charge in [-0.25, -0.2) is 4.98 Å². The minimum Gasteiger partial charge on any atom is -0.461 e. The van der Waals surface area contributed by atoms with Gasteiger partial charge in [0.1, 0.15) is 22.7 Å². The second kappa shape index (κ2) is 12.0. The van der Waals surface area contributed by atoms with Gasteiger partial charge in [0.05, 0.1) is 11.4 Å². The molecule has 1 aliphatic rings. The Kier molecular flexibility index (Phi) is 7.23. The smallest absolute Gasteiger partial charge is 0.230 e. The summed E-state index contributed by atoms with van der Waals surface area (Å²) >= 11 is 0. The van der Waals surface area contributed by atoms with Crippen LogP contribution in [0.1, 0.15) is 18.1 Å². The van der Waals surface area contributed by atoms with E-state index in [0.717, 1.165) is 89.4 Å². The Morgan fingerprint density at radius 2 is 1.34 bits per heavy atom. The summed E-state index contributed by atoms with van der Waals surface area (Å²) < 4.78 is 18.6. The van der Waals surface area contributed by atoms with Crippen LogP contribution < -0.4 is 4.74 Å². The highest BCUT2D eigenvalue weighted by Gasteiger charge is 2.20. The molecule has 0 bridgehead atoms. The first-order chi connectivity index (χ1) is 23.2. The zero-order chi connectivity index (χ0) is 31.7. The molecule has 8 rings (SSSR count). The largest absolute Gasteiger partial charge is 0.461 e. The van der Waals surface area contributed by atoms with Crippen molar-refractivity contribution in [1.82, 2.24) is 4.98 Å². The van der Waals surface area contributed by atoms with Gasteiger partial charge in [-0.15, -0.1) is 0 Å². The van der Waals surface area contributed by atoms with Gasteiger partial charge in [-0.3, -0.25) is 0 Å². The van der Waals surface area contributed by atoms with Gasteiger partial charge in [-0.1, -0.05) is 116 Å². The summed E-state index contributed by atoms with van der Waals surface area (Å²) in [6.45, 7) is 6.35. The predicted molar refractivity (Wildman–Crippen MR) is 192 cm³/mol. The number of ether oxygens (including phenoxy) is 2. The quantitative estimate of drug-likeness (QED) is 0.176. The monoisotopic (exact) mass is 609 g/mol. The topological polar surface area (TPSA) is 44.5 Å². The molecule has 47 heavy (non-hydrogen) atoms. The molecule has 2 aromatic heterocycles. The minimum atomic E-state index is 0.129. The molecule has 4 heteroatoms. The maximum Gasteiger partial charge on any atom is 0.230 e. The van der Waals surface area contributed by atoms with Crippen LogP contribution in [-0.4, -0.2) is 11.8 Å². The third-order valence-corrected chi connectivity index (χ3v) is 8.67. The number of allylic oxidation sites excluding steroid dienone is 5. The van der Waals surface area contributed by atoms with Crippen LogP contribution in [0.5, 0.6) is 5.75 Å². The van der Waals surface area contributed by atoms with Crippen molar-refractivity contribution in [2.45, 2.75) is 6.92 Å². The number of pyridine rings is 1. The Labute approximate surface area is 273 Å². The molecule has 0 N–H and O–H groups in total. The SMILES string of the molecule is C=C/C(=C\C1=C(C)OCOc2ccc(-c3cccc4c3oc3ccccc34)cc21)c1cc(-c2ccccc2)nc(-c2ccccc2)c1. The van der Waals surface area contributed by atoms with Crippen molar-refractivity contribution >= 4 is 33.1 Å². The molecule has 4 nitrogen and oxygen atoms in total. The molecule has 0 atom stereocenters. The van der Waals surface area contributed by atoms with E-state index in [1.165, 1.54) is 0 Å². The lowest BCUT2D eigenvalue weighted by Gasteiger charge is -2.14. The third kappa shape index (κ3) is 5.30. The number of furan rings is 1. The second-order valence-corrected chi connectivity index (χ2v) is 11.5. The van der Waals surface area contributed by atoms with Gasteiger partial charge in [0.25, 0.3) is 0 Å². The maximum atomic E-state index is 6.39. The Balaban J connectivity index is 1.28. The number of fused-ring (bicyclic) bond motifs is 4. The number of benzene rings is 5. The molecule has 0 fully saturated rings. The van der Waals surface area contributed by atoms with Crippen molar-refractivity contribution in [1.29, 1.82) is 0 Å². The summed E-state index contributed by atoms with van der Waals surface area (Å²) in [6.07, 6.45) is 4.03. The van der Waals surface area contributed by atoms with Crippen molar-refractivity contribution in [3.8, 4) is 39.4 Å². The van der Waals surface area contributed by atoms with E-state index in [1.807, 2.05) is 73.7 Å². The fraction of sp³-hybridized carbons (Fsp3) is 0.0465. The number of nitrogens with zero attached hydrogens (tertiary/aromatic N) is 1. The van der Waals surface area contributed by atoms with Crippen LogP contribution in [0.25, 0.3) is 66.7 Å². The number of para-hydroxylation sites is 2. The first-order valence-corrected chi connectivity index (χ1v) is 15.7. The van der Waals surface area contributed by atoms with E-state index in [0.29, 0.717) is 0 Å². The van der Waals surface area contributed by atoms with E-state index >= 15 is 0 Å². The Morgan fingerprint density at radius 3 is 2.06 bits per heavy atom. The van der Waals surface area contributed by atoms with Crippen LogP contribution in [0.2, 0.25) is 0 Å². The molecule has 0 saturated carbocycles. The van der Waals surface area contributed by atoms with Crippen molar-refractivity contribution in [2.75, 3.05) is 6.79 Å². The number of rotatable bonds is 6. The number of hydrogen-bond donors (Lipinski definition) is 0. The lowest BCUT2D eigenvalue weighted by Crippen LogP contribution is -1.98. The zero-order valence-corrected chi connectivity index (χ0v) is 25.9. The van der Waals surface area contributed by atoms with Gasteiger partial charge in [0.15, 0.2) is 0 Å². The molecule has 5 aromatic carbocycles. The molecule has 1 aliphatic heterocycles. The lowest BCUT2D eigenvalue weighted by atomic mass is 9.93. The van der Waals surface area contributed by atoms with E-state index in [1.54, 1.807) is 0 Å². The number of aromatic nitrogens is 1. The molecule has 0 saturated heterocycles. The molecule has 3 heterocycles. The van der Waals surface area contributed by atoms with Crippen molar-refractivity contribution in [3.05, 3.63) is 169 Å². The summed E-state index contributed by atoms with van der Waals surface area (Å²) in [5, 5.41) is 2.20. The van der Waals surface area contributed by atoms with Crippen LogP contribution in [0.15, 0.2) is 162 Å². The first-order valence-electron chi connectivity index (χ1n) is 15.7. The van der Waals surface area contributed by atoms with Crippen molar-refractivity contribution < 1.29 is 13.9 Å². The second-order valence-electron chi connectivity index (χ2n) is 11.5. The molecular formula is C43H31NO3. The van der Waals surface area contributed by atoms with Crippen molar-refractivity contribution in [2.24, 2.45) is 0 Å². The summed E-state index contributed by atoms with van der Waals surface area (Å²) in [6, 6.07) is 45.5. The molecule has 7 aromatic rings. The summed E-state index contributed by atoms with van der Waals surface area (Å²) in [7, 11) is 0. The van der Waals surface area contributed by atoms with E-state index < -0.39 is 0 Å². The lowest BCUT2D eigenvalue weighted by molar-refractivity contribution is 0.0664. The molecule has 226 valence electrons. The average molecular weight is 610 g/mol. The predicted octanol–water partition coefficient (Wildman–Crippen LogP) is 11.3. The van der Waals surface area contributed by atoms with Crippen LogP contribution in [0, 0.1) is 0 Å². The molecular weight excluding hydrogens is 578 g/mol. The van der Waals surface area contributed by atoms with Crippen LogP contribution in [0.4, 0.5) is 0 Å². The fourth-order valence-corrected chi connectivity index (χ4v) is 6.26. The first kappa shape index (κ1) is 28.4. The van der Waals surface area contributed by atoms with Gasteiger partial charge in [0.2, 0.25) is 6.79 Å².